The van der Waals surface area contributed by atoms with Gasteiger partial charge in [0.25, 0.3) is 6.43 Å². The Kier molecular flexibility index (Phi) is 3.57. The van der Waals surface area contributed by atoms with E-state index in [1.807, 2.05) is 13.0 Å². The number of nitrogens with zero attached hydrogens (tertiary/aromatic N) is 2. The molecule has 0 saturated carbocycles. The molecule has 1 aromatic rings. The van der Waals surface area contributed by atoms with Crippen LogP contribution in [0.25, 0.3) is 0 Å². The van der Waals surface area contributed by atoms with Crippen LogP contribution in [0, 0.1) is 0 Å². The minimum absolute atomic E-state index is 0.168. The van der Waals surface area contributed by atoms with Crippen molar-refractivity contribution < 1.29 is 8.78 Å². The zero-order valence-electron chi connectivity index (χ0n) is 8.37. The van der Waals surface area contributed by atoms with Crippen molar-refractivity contribution in [2.45, 2.75) is 32.2 Å². The highest BCUT2D eigenvalue weighted by Crippen LogP contribution is 2.09. The molecule has 3 nitrogen and oxygen atoms in total. The van der Waals surface area contributed by atoms with Crippen LogP contribution in [0.4, 0.5) is 8.78 Å². The van der Waals surface area contributed by atoms with Crippen LogP contribution in [0.3, 0.4) is 0 Å². The molecule has 14 heavy (non-hydrogen) atoms. The Hall–Kier alpha value is -0.970. The van der Waals surface area contributed by atoms with E-state index in [4.69, 9.17) is 5.73 Å². The molecule has 0 aliphatic heterocycles. The lowest BCUT2D eigenvalue weighted by Gasteiger charge is -2.09. The molecule has 1 heterocycles. The topological polar surface area (TPSA) is 43.8 Å². The largest absolute Gasteiger partial charge is 0.323 e. The summed E-state index contributed by atoms with van der Waals surface area (Å²) >= 11 is 0. The first-order chi connectivity index (χ1) is 6.54. The van der Waals surface area contributed by atoms with Gasteiger partial charge in [-0.3, -0.25) is 4.68 Å². The molecule has 0 aliphatic rings. The fourth-order valence-electron chi connectivity index (χ4n) is 1.27. The summed E-state index contributed by atoms with van der Waals surface area (Å²) in [5.74, 6) is 0. The lowest BCUT2D eigenvalue weighted by Crippen LogP contribution is -2.31. The zero-order chi connectivity index (χ0) is 10.7. The highest BCUT2D eigenvalue weighted by Gasteiger charge is 2.17. The Bertz CT molecular complexity index is 296. The molecule has 1 rings (SSSR count). The number of hydrogen-bond donors (Lipinski definition) is 1. The van der Waals surface area contributed by atoms with Crippen molar-refractivity contribution in [1.29, 1.82) is 0 Å². The van der Waals surface area contributed by atoms with E-state index in [9.17, 15) is 8.78 Å². The van der Waals surface area contributed by atoms with Gasteiger partial charge in [0.2, 0.25) is 0 Å². The predicted octanol–water partition coefficient (Wildman–Crippen LogP) is 1.12. The fraction of sp³-hybridized carbons (Fsp3) is 0.667. The number of rotatable bonds is 4. The van der Waals surface area contributed by atoms with Gasteiger partial charge in [0.15, 0.2) is 0 Å². The zero-order valence-corrected chi connectivity index (χ0v) is 8.37. The highest BCUT2D eigenvalue weighted by molar-refractivity contribution is 5.11. The Morgan fingerprint density at radius 3 is 2.64 bits per heavy atom. The molecule has 0 spiro atoms. The average molecular weight is 203 g/mol. The summed E-state index contributed by atoms with van der Waals surface area (Å²) in [6, 6.07) is 0.720. The minimum atomic E-state index is -2.48. The number of aromatic nitrogens is 2. The molecule has 0 fully saturated rings. The van der Waals surface area contributed by atoms with Crippen LogP contribution in [-0.4, -0.2) is 22.2 Å². The minimum Gasteiger partial charge on any atom is -0.323 e. The number of halogens is 2. The van der Waals surface area contributed by atoms with Gasteiger partial charge >= 0.3 is 0 Å². The summed E-state index contributed by atoms with van der Waals surface area (Å²) in [5.41, 5.74) is 6.94. The summed E-state index contributed by atoms with van der Waals surface area (Å²) in [6.07, 6.45) is -1.51. The van der Waals surface area contributed by atoms with Crippen molar-refractivity contribution in [3.05, 3.63) is 17.5 Å². The van der Waals surface area contributed by atoms with E-state index in [0.717, 1.165) is 17.8 Å². The van der Waals surface area contributed by atoms with Gasteiger partial charge < -0.3 is 5.73 Å². The van der Waals surface area contributed by atoms with Gasteiger partial charge in [0, 0.05) is 19.2 Å². The second kappa shape index (κ2) is 4.50. The van der Waals surface area contributed by atoms with Crippen molar-refractivity contribution in [3.8, 4) is 0 Å². The maximum absolute atomic E-state index is 12.2. The van der Waals surface area contributed by atoms with Gasteiger partial charge in [-0.15, -0.1) is 0 Å². The Morgan fingerprint density at radius 2 is 2.21 bits per heavy atom. The van der Waals surface area contributed by atoms with Gasteiger partial charge in [0.05, 0.1) is 11.7 Å². The van der Waals surface area contributed by atoms with E-state index >= 15 is 0 Å². The van der Waals surface area contributed by atoms with Crippen molar-refractivity contribution in [2.24, 2.45) is 12.8 Å². The molecule has 0 bridgehead atoms. The molecule has 0 aliphatic carbocycles. The molecule has 0 radical (unpaired) electrons. The van der Waals surface area contributed by atoms with Crippen LogP contribution in [0.15, 0.2) is 6.07 Å². The van der Waals surface area contributed by atoms with Gasteiger partial charge in [-0.25, -0.2) is 8.78 Å². The standard InChI is InChI=1S/C9H15F2N3/c1-3-6-4-7(14(2)13-6)5-8(12)9(10)11/h4,8-9H,3,5,12H2,1-2H3. The first kappa shape index (κ1) is 11.1. The number of hydrogen-bond acceptors (Lipinski definition) is 2. The van der Waals surface area contributed by atoms with E-state index in [1.165, 1.54) is 0 Å². The van der Waals surface area contributed by atoms with Crippen molar-refractivity contribution in [1.82, 2.24) is 9.78 Å². The summed E-state index contributed by atoms with van der Waals surface area (Å²) in [4.78, 5) is 0. The Morgan fingerprint density at radius 1 is 1.57 bits per heavy atom. The third-order valence-corrected chi connectivity index (χ3v) is 2.16. The van der Waals surface area contributed by atoms with Crippen molar-refractivity contribution in [3.63, 3.8) is 0 Å². The summed E-state index contributed by atoms with van der Waals surface area (Å²) in [6.45, 7) is 1.97. The molecule has 0 aromatic carbocycles. The molecule has 80 valence electrons. The second-order valence-corrected chi connectivity index (χ2v) is 3.31. The Labute approximate surface area is 81.9 Å². The first-order valence-electron chi connectivity index (χ1n) is 4.60. The first-order valence-corrected chi connectivity index (χ1v) is 4.60. The van der Waals surface area contributed by atoms with Crippen LogP contribution in [0.1, 0.15) is 18.3 Å². The lowest BCUT2D eigenvalue weighted by atomic mass is 10.1. The number of alkyl halides is 2. The van der Waals surface area contributed by atoms with E-state index in [-0.39, 0.29) is 6.42 Å². The number of nitrogens with two attached hydrogens (primary N) is 1. The van der Waals surface area contributed by atoms with Gasteiger partial charge in [-0.2, -0.15) is 5.10 Å². The maximum Gasteiger partial charge on any atom is 0.253 e. The van der Waals surface area contributed by atoms with E-state index < -0.39 is 12.5 Å². The normalized spacial score (nSPS) is 13.6. The van der Waals surface area contributed by atoms with Crippen LogP contribution in [0.2, 0.25) is 0 Å². The van der Waals surface area contributed by atoms with Gasteiger partial charge in [0.1, 0.15) is 0 Å². The summed E-state index contributed by atoms with van der Waals surface area (Å²) < 4.78 is 26.0. The molecular weight excluding hydrogens is 188 g/mol. The third kappa shape index (κ3) is 2.51. The quantitative estimate of drug-likeness (QED) is 0.796. The van der Waals surface area contributed by atoms with Crippen LogP contribution in [-0.2, 0) is 19.9 Å². The van der Waals surface area contributed by atoms with Gasteiger partial charge in [-0.05, 0) is 12.5 Å². The fourth-order valence-corrected chi connectivity index (χ4v) is 1.27. The van der Waals surface area contributed by atoms with E-state index in [2.05, 4.69) is 5.10 Å². The van der Waals surface area contributed by atoms with Crippen LogP contribution in [0.5, 0.6) is 0 Å². The van der Waals surface area contributed by atoms with Gasteiger partial charge in [-0.1, -0.05) is 6.92 Å². The lowest BCUT2D eigenvalue weighted by molar-refractivity contribution is 0.115. The van der Waals surface area contributed by atoms with Crippen LogP contribution < -0.4 is 5.73 Å². The monoisotopic (exact) mass is 203 g/mol. The average Bonchev–Trinajstić information content (AvgIpc) is 2.47. The number of aryl methyl sites for hydroxylation is 2. The highest BCUT2D eigenvalue weighted by atomic mass is 19.3. The summed E-state index contributed by atoms with van der Waals surface area (Å²) in [7, 11) is 1.74. The third-order valence-electron chi connectivity index (χ3n) is 2.16. The molecule has 5 heteroatoms. The molecule has 1 unspecified atom stereocenters. The maximum atomic E-state index is 12.2. The molecule has 2 N–H and O–H groups in total. The molecule has 0 amide bonds. The SMILES string of the molecule is CCc1cc(CC(N)C(F)F)n(C)n1. The van der Waals surface area contributed by atoms with Crippen molar-refractivity contribution >= 4 is 0 Å². The summed E-state index contributed by atoms with van der Waals surface area (Å²) in [5, 5.41) is 4.16. The molecule has 1 aromatic heterocycles. The molecular formula is C9H15F2N3. The van der Waals surface area contributed by atoms with E-state index in [1.54, 1.807) is 11.7 Å². The molecule has 1 atom stereocenters. The second-order valence-electron chi connectivity index (χ2n) is 3.31. The predicted molar refractivity (Wildman–Crippen MR) is 50.3 cm³/mol. The molecule has 0 saturated heterocycles. The smallest absolute Gasteiger partial charge is 0.253 e. The van der Waals surface area contributed by atoms with E-state index in [0.29, 0.717) is 0 Å². The Balaban J connectivity index is 2.71. The van der Waals surface area contributed by atoms with Crippen molar-refractivity contribution in [2.75, 3.05) is 0 Å². The van der Waals surface area contributed by atoms with Crippen LogP contribution >= 0.6 is 0 Å².